The van der Waals surface area contributed by atoms with Crippen molar-refractivity contribution in [3.63, 3.8) is 0 Å². The molecule has 1 heterocycles. The molecule has 1 unspecified atom stereocenters. The van der Waals surface area contributed by atoms with Crippen molar-refractivity contribution in [2.45, 2.75) is 75.1 Å². The zero-order valence-electron chi connectivity index (χ0n) is 13.6. The third kappa shape index (κ3) is 2.78. The molecular weight excluding hydrogens is 264 g/mol. The Balaban J connectivity index is 1.72. The van der Waals surface area contributed by atoms with E-state index in [1.165, 1.54) is 64.6 Å². The zero-order chi connectivity index (χ0) is 14.2. The van der Waals surface area contributed by atoms with E-state index in [-0.39, 0.29) is 0 Å². The molecule has 2 saturated carbocycles. The summed E-state index contributed by atoms with van der Waals surface area (Å²) in [5.41, 5.74) is 0.467. The summed E-state index contributed by atoms with van der Waals surface area (Å²) < 4.78 is 0.588. The molecule has 0 radical (unpaired) electrons. The molecule has 1 spiro atoms. The Morgan fingerprint density at radius 2 is 1.85 bits per heavy atom. The van der Waals surface area contributed by atoms with Crippen molar-refractivity contribution in [3.05, 3.63) is 0 Å². The SMILES string of the molecule is CSC1(CN2CC3(CCCC3)NCC2C(C)C)CCC1. The lowest BCUT2D eigenvalue weighted by Crippen LogP contribution is -2.66. The Bertz CT molecular complexity index is 324. The number of nitrogens with one attached hydrogen (secondary N) is 1. The second-order valence-corrected chi connectivity index (χ2v) is 9.10. The second-order valence-electron chi connectivity index (χ2n) is 7.83. The van der Waals surface area contributed by atoms with Crippen molar-refractivity contribution < 1.29 is 0 Å². The van der Waals surface area contributed by atoms with Crippen LogP contribution in [0.15, 0.2) is 0 Å². The molecule has 3 heteroatoms. The van der Waals surface area contributed by atoms with Crippen molar-refractivity contribution in [3.8, 4) is 0 Å². The first kappa shape index (κ1) is 15.2. The predicted molar refractivity (Wildman–Crippen MR) is 89.5 cm³/mol. The molecule has 2 aliphatic carbocycles. The summed E-state index contributed by atoms with van der Waals surface area (Å²) in [6.45, 7) is 8.65. The smallest absolute Gasteiger partial charge is 0.0309 e. The van der Waals surface area contributed by atoms with E-state index in [0.717, 1.165) is 12.0 Å². The standard InChI is InChI=1S/C17H32N2S/c1-14(2)15-11-18-16(7-4-5-8-16)12-19(15)13-17(20-3)9-6-10-17/h14-15,18H,4-13H2,1-3H3. The van der Waals surface area contributed by atoms with Gasteiger partial charge in [0.1, 0.15) is 0 Å². The highest BCUT2D eigenvalue weighted by Crippen LogP contribution is 2.45. The van der Waals surface area contributed by atoms with Gasteiger partial charge < -0.3 is 5.32 Å². The first-order valence-electron chi connectivity index (χ1n) is 8.62. The fourth-order valence-electron chi connectivity index (χ4n) is 4.60. The maximum absolute atomic E-state index is 3.95. The van der Waals surface area contributed by atoms with Crippen molar-refractivity contribution in [2.75, 3.05) is 25.9 Å². The second kappa shape index (κ2) is 5.81. The molecule has 3 aliphatic rings. The predicted octanol–water partition coefficient (Wildman–Crippen LogP) is 3.51. The fourth-order valence-corrected chi connectivity index (χ4v) is 5.59. The maximum atomic E-state index is 3.95. The highest BCUT2D eigenvalue weighted by molar-refractivity contribution is 8.00. The van der Waals surface area contributed by atoms with Crippen molar-refractivity contribution >= 4 is 11.8 Å². The van der Waals surface area contributed by atoms with Crippen molar-refractivity contribution in [1.82, 2.24) is 10.2 Å². The Labute approximate surface area is 129 Å². The molecule has 0 aromatic heterocycles. The Morgan fingerprint density at radius 3 is 2.35 bits per heavy atom. The lowest BCUT2D eigenvalue weighted by atomic mass is 9.81. The summed E-state index contributed by atoms with van der Waals surface area (Å²) >= 11 is 2.14. The van der Waals surface area contributed by atoms with Crippen molar-refractivity contribution in [1.29, 1.82) is 0 Å². The van der Waals surface area contributed by atoms with Crippen LogP contribution in [-0.4, -0.2) is 47.1 Å². The van der Waals surface area contributed by atoms with Crippen LogP contribution >= 0.6 is 11.8 Å². The molecule has 0 aromatic rings. The van der Waals surface area contributed by atoms with Crippen LogP contribution < -0.4 is 5.32 Å². The quantitative estimate of drug-likeness (QED) is 0.854. The van der Waals surface area contributed by atoms with Gasteiger partial charge in [-0.3, -0.25) is 4.90 Å². The Hall–Kier alpha value is 0.270. The third-order valence-electron chi connectivity index (χ3n) is 6.18. The van der Waals surface area contributed by atoms with Crippen LogP contribution in [0.5, 0.6) is 0 Å². The van der Waals surface area contributed by atoms with Gasteiger partial charge in [-0.25, -0.2) is 0 Å². The summed E-state index contributed by atoms with van der Waals surface area (Å²) in [6.07, 6.45) is 12.3. The van der Waals surface area contributed by atoms with E-state index in [0.29, 0.717) is 10.3 Å². The maximum Gasteiger partial charge on any atom is 0.0309 e. The molecule has 1 aliphatic heterocycles. The highest BCUT2D eigenvalue weighted by Gasteiger charge is 2.45. The molecule has 0 amide bonds. The minimum absolute atomic E-state index is 0.467. The van der Waals surface area contributed by atoms with Gasteiger partial charge in [0, 0.05) is 36.0 Å². The Kier molecular flexibility index (Phi) is 4.41. The Morgan fingerprint density at radius 1 is 1.15 bits per heavy atom. The minimum Gasteiger partial charge on any atom is -0.308 e. The van der Waals surface area contributed by atoms with Gasteiger partial charge in [0.05, 0.1) is 0 Å². The van der Waals surface area contributed by atoms with Gasteiger partial charge in [0.2, 0.25) is 0 Å². The van der Waals surface area contributed by atoms with Gasteiger partial charge in [-0.2, -0.15) is 11.8 Å². The van der Waals surface area contributed by atoms with E-state index in [1.54, 1.807) is 0 Å². The van der Waals surface area contributed by atoms with Crippen LogP contribution in [0, 0.1) is 5.92 Å². The number of hydrogen-bond acceptors (Lipinski definition) is 3. The summed E-state index contributed by atoms with van der Waals surface area (Å²) in [6, 6.07) is 0.742. The highest BCUT2D eigenvalue weighted by atomic mass is 32.2. The summed E-state index contributed by atoms with van der Waals surface area (Å²) in [5.74, 6) is 0.764. The van der Waals surface area contributed by atoms with E-state index < -0.39 is 0 Å². The summed E-state index contributed by atoms with van der Waals surface area (Å²) in [5, 5.41) is 3.95. The minimum atomic E-state index is 0.467. The number of nitrogens with zero attached hydrogens (tertiary/aromatic N) is 1. The summed E-state index contributed by atoms with van der Waals surface area (Å²) in [7, 11) is 0. The van der Waals surface area contributed by atoms with Crippen LogP contribution in [-0.2, 0) is 0 Å². The zero-order valence-corrected chi connectivity index (χ0v) is 14.4. The molecule has 1 saturated heterocycles. The normalized spacial score (nSPS) is 32.7. The van der Waals surface area contributed by atoms with Crippen LogP contribution in [0.1, 0.15) is 58.8 Å². The average Bonchev–Trinajstić information content (AvgIpc) is 2.82. The molecule has 1 atom stereocenters. The number of rotatable bonds is 4. The lowest BCUT2D eigenvalue weighted by molar-refractivity contribution is 0.0401. The van der Waals surface area contributed by atoms with Gasteiger partial charge in [-0.05, 0) is 37.9 Å². The van der Waals surface area contributed by atoms with Gasteiger partial charge >= 0.3 is 0 Å². The largest absolute Gasteiger partial charge is 0.308 e. The van der Waals surface area contributed by atoms with Gasteiger partial charge in [0.25, 0.3) is 0 Å². The van der Waals surface area contributed by atoms with E-state index in [2.05, 4.69) is 42.1 Å². The van der Waals surface area contributed by atoms with E-state index >= 15 is 0 Å². The van der Waals surface area contributed by atoms with E-state index in [1.807, 2.05) is 0 Å². The molecule has 3 rings (SSSR count). The van der Waals surface area contributed by atoms with Crippen LogP contribution in [0.3, 0.4) is 0 Å². The molecular formula is C17H32N2S. The van der Waals surface area contributed by atoms with E-state index in [4.69, 9.17) is 0 Å². The molecule has 0 bridgehead atoms. The van der Waals surface area contributed by atoms with Crippen LogP contribution in [0.2, 0.25) is 0 Å². The third-order valence-corrected chi connectivity index (χ3v) is 7.58. The van der Waals surface area contributed by atoms with E-state index in [9.17, 15) is 0 Å². The molecule has 0 aromatic carbocycles. The molecule has 1 N–H and O–H groups in total. The first-order valence-corrected chi connectivity index (χ1v) is 9.85. The molecule has 116 valence electrons. The van der Waals surface area contributed by atoms with Gasteiger partial charge in [0.15, 0.2) is 0 Å². The topological polar surface area (TPSA) is 15.3 Å². The van der Waals surface area contributed by atoms with Gasteiger partial charge in [-0.15, -0.1) is 0 Å². The van der Waals surface area contributed by atoms with Crippen molar-refractivity contribution in [2.24, 2.45) is 5.92 Å². The molecule has 20 heavy (non-hydrogen) atoms. The average molecular weight is 297 g/mol. The number of piperazine rings is 1. The number of hydrogen-bond donors (Lipinski definition) is 1. The van der Waals surface area contributed by atoms with Crippen LogP contribution in [0.4, 0.5) is 0 Å². The molecule has 3 fully saturated rings. The number of thioether (sulfide) groups is 1. The summed E-state index contributed by atoms with van der Waals surface area (Å²) in [4.78, 5) is 2.88. The fraction of sp³-hybridized carbons (Fsp3) is 1.00. The van der Waals surface area contributed by atoms with Crippen LogP contribution in [0.25, 0.3) is 0 Å². The first-order chi connectivity index (χ1) is 9.58. The lowest BCUT2D eigenvalue weighted by Gasteiger charge is -2.52. The monoisotopic (exact) mass is 296 g/mol. The van der Waals surface area contributed by atoms with Gasteiger partial charge in [-0.1, -0.05) is 33.1 Å². The molecule has 2 nitrogen and oxygen atoms in total.